The van der Waals surface area contributed by atoms with E-state index in [9.17, 15) is 23.9 Å². The van der Waals surface area contributed by atoms with E-state index < -0.39 is 34.7 Å². The maximum absolute atomic E-state index is 13.0. The highest BCUT2D eigenvalue weighted by Crippen LogP contribution is 2.34. The third kappa shape index (κ3) is 3.53. The molecular weight excluding hydrogens is 325 g/mol. The number of halogens is 1. The second kappa shape index (κ2) is 6.82. The number of nitrogens with zero attached hydrogens (tertiary/aromatic N) is 1. The Kier molecular flexibility index (Phi) is 5.05. The molecule has 23 heavy (non-hydrogen) atoms. The van der Waals surface area contributed by atoms with E-state index in [2.05, 4.69) is 0 Å². The molecule has 1 fully saturated rings. The number of hydrogen-bond donors (Lipinski definition) is 1. The smallest absolute Gasteiger partial charge is 0.329 e. The van der Waals surface area contributed by atoms with Gasteiger partial charge in [0.2, 0.25) is 0 Å². The number of rotatable bonds is 4. The number of imide groups is 1. The maximum Gasteiger partial charge on any atom is 0.329 e. The number of hydrogen-bond acceptors (Lipinski definition) is 6. The largest absolute Gasteiger partial charge is 0.505 e. The Morgan fingerprint density at radius 1 is 1.48 bits per heavy atom. The third-order valence-electron chi connectivity index (χ3n) is 3.11. The monoisotopic (exact) mass is 339 g/mol. The van der Waals surface area contributed by atoms with Gasteiger partial charge in [0.25, 0.3) is 11.1 Å². The maximum atomic E-state index is 13.0. The summed E-state index contributed by atoms with van der Waals surface area (Å²) in [7, 11) is 0. The van der Waals surface area contributed by atoms with Crippen LogP contribution in [-0.4, -0.2) is 39.8 Å². The van der Waals surface area contributed by atoms with Crippen molar-refractivity contribution in [2.24, 2.45) is 0 Å². The van der Waals surface area contributed by atoms with Crippen LogP contribution in [0.3, 0.4) is 0 Å². The lowest BCUT2D eigenvalue weighted by Crippen LogP contribution is -2.42. The number of esters is 1. The van der Waals surface area contributed by atoms with E-state index in [1.54, 1.807) is 6.92 Å². The van der Waals surface area contributed by atoms with Gasteiger partial charge in [-0.2, -0.15) is 0 Å². The highest BCUT2D eigenvalue weighted by Gasteiger charge is 2.41. The first kappa shape index (κ1) is 17.0. The van der Waals surface area contributed by atoms with Gasteiger partial charge in [0, 0.05) is 0 Å². The quantitative estimate of drug-likeness (QED) is 0.670. The average molecular weight is 339 g/mol. The summed E-state index contributed by atoms with van der Waals surface area (Å²) < 4.78 is 17.8. The van der Waals surface area contributed by atoms with Crippen LogP contribution >= 0.6 is 11.8 Å². The number of aromatic hydroxyl groups is 1. The highest BCUT2D eigenvalue weighted by molar-refractivity contribution is 8.18. The van der Waals surface area contributed by atoms with Crippen molar-refractivity contribution in [3.05, 3.63) is 34.5 Å². The van der Waals surface area contributed by atoms with E-state index in [0.29, 0.717) is 17.3 Å². The molecule has 1 atom stereocenters. The molecule has 6 nitrogen and oxygen atoms in total. The van der Waals surface area contributed by atoms with Gasteiger partial charge in [-0.25, -0.2) is 9.18 Å². The molecule has 0 bridgehead atoms. The molecule has 1 heterocycles. The summed E-state index contributed by atoms with van der Waals surface area (Å²) in [6.07, 6.45) is 1.35. The summed E-state index contributed by atoms with van der Waals surface area (Å²) >= 11 is 0.666. The van der Waals surface area contributed by atoms with Gasteiger partial charge >= 0.3 is 5.97 Å². The predicted octanol–water partition coefficient (Wildman–Crippen LogP) is 2.52. The van der Waals surface area contributed by atoms with E-state index >= 15 is 0 Å². The zero-order valence-electron chi connectivity index (χ0n) is 12.4. The van der Waals surface area contributed by atoms with Crippen LogP contribution in [0.4, 0.5) is 9.18 Å². The number of ether oxygens (including phenoxy) is 1. The van der Waals surface area contributed by atoms with Crippen molar-refractivity contribution in [2.45, 2.75) is 19.9 Å². The molecule has 1 unspecified atom stereocenters. The van der Waals surface area contributed by atoms with Crippen LogP contribution in [0.15, 0.2) is 23.1 Å². The van der Waals surface area contributed by atoms with Crippen molar-refractivity contribution in [3.63, 3.8) is 0 Å². The first-order chi connectivity index (χ1) is 10.8. The Morgan fingerprint density at radius 3 is 2.78 bits per heavy atom. The summed E-state index contributed by atoms with van der Waals surface area (Å²) in [4.78, 5) is 36.9. The number of carbonyl (C=O) groups excluding carboxylic acids is 3. The lowest BCUT2D eigenvalue weighted by atomic mass is 10.2. The van der Waals surface area contributed by atoms with Gasteiger partial charge in [-0.3, -0.25) is 14.5 Å². The van der Waals surface area contributed by atoms with Crippen LogP contribution in [-0.2, 0) is 14.3 Å². The van der Waals surface area contributed by atoms with E-state index in [0.717, 1.165) is 17.0 Å². The van der Waals surface area contributed by atoms with Gasteiger partial charge in [0.1, 0.15) is 6.04 Å². The molecule has 0 saturated carbocycles. The van der Waals surface area contributed by atoms with Gasteiger partial charge in [-0.1, -0.05) is 6.07 Å². The molecule has 0 aliphatic carbocycles. The fraction of sp³-hybridized carbons (Fsp3) is 0.267. The molecule has 0 radical (unpaired) electrons. The molecule has 2 amide bonds. The number of thioether (sulfide) groups is 1. The van der Waals surface area contributed by atoms with Gasteiger partial charge < -0.3 is 9.84 Å². The van der Waals surface area contributed by atoms with E-state index in [-0.39, 0.29) is 11.5 Å². The van der Waals surface area contributed by atoms with Crippen molar-refractivity contribution in [1.82, 2.24) is 4.90 Å². The molecule has 1 aromatic carbocycles. The SMILES string of the molecule is CCOC(=O)C(C)N1C(=O)S/C(=C\c2ccc(F)c(O)c2)C1=O. The summed E-state index contributed by atoms with van der Waals surface area (Å²) in [6, 6.07) is 2.51. The summed E-state index contributed by atoms with van der Waals surface area (Å²) in [5.74, 6) is -2.65. The highest BCUT2D eigenvalue weighted by atomic mass is 32.2. The zero-order chi connectivity index (χ0) is 17.1. The number of phenolic OH excluding ortho intramolecular Hbond substituents is 1. The first-order valence-corrected chi connectivity index (χ1v) is 7.59. The van der Waals surface area contributed by atoms with Crippen LogP contribution in [0, 0.1) is 5.82 Å². The first-order valence-electron chi connectivity index (χ1n) is 6.77. The van der Waals surface area contributed by atoms with Crippen LogP contribution < -0.4 is 0 Å². The fourth-order valence-electron chi connectivity index (χ4n) is 1.95. The molecule has 1 N–H and O–H groups in total. The van der Waals surface area contributed by atoms with Crippen molar-refractivity contribution < 1.29 is 28.6 Å². The lowest BCUT2D eigenvalue weighted by Gasteiger charge is -2.19. The Hall–Kier alpha value is -2.35. The second-order valence-electron chi connectivity index (χ2n) is 4.69. The summed E-state index contributed by atoms with van der Waals surface area (Å²) in [5, 5.41) is 8.74. The number of carbonyl (C=O) groups is 3. The Balaban J connectivity index is 2.25. The van der Waals surface area contributed by atoms with Gasteiger partial charge in [-0.15, -0.1) is 0 Å². The summed E-state index contributed by atoms with van der Waals surface area (Å²) in [5.41, 5.74) is 0.359. The Labute approximate surface area is 135 Å². The molecule has 1 aromatic rings. The molecule has 0 spiro atoms. The minimum atomic E-state index is -1.03. The predicted molar refractivity (Wildman–Crippen MR) is 82.0 cm³/mol. The van der Waals surface area contributed by atoms with Crippen molar-refractivity contribution in [2.75, 3.05) is 6.61 Å². The molecule has 2 rings (SSSR count). The Bertz CT molecular complexity index is 703. The Morgan fingerprint density at radius 2 is 2.17 bits per heavy atom. The fourth-order valence-corrected chi connectivity index (χ4v) is 2.86. The second-order valence-corrected chi connectivity index (χ2v) is 5.68. The minimum absolute atomic E-state index is 0.0807. The van der Waals surface area contributed by atoms with Crippen LogP contribution in [0.5, 0.6) is 5.75 Å². The molecule has 1 aliphatic rings. The molecule has 122 valence electrons. The van der Waals surface area contributed by atoms with Crippen LogP contribution in [0.25, 0.3) is 6.08 Å². The topological polar surface area (TPSA) is 83.9 Å². The zero-order valence-corrected chi connectivity index (χ0v) is 13.2. The van der Waals surface area contributed by atoms with E-state index in [1.165, 1.54) is 19.1 Å². The molecule has 1 aliphatic heterocycles. The summed E-state index contributed by atoms with van der Waals surface area (Å²) in [6.45, 7) is 3.17. The van der Waals surface area contributed by atoms with Crippen molar-refractivity contribution in [1.29, 1.82) is 0 Å². The van der Waals surface area contributed by atoms with E-state index in [4.69, 9.17) is 4.74 Å². The van der Waals surface area contributed by atoms with E-state index in [1.807, 2.05) is 0 Å². The lowest BCUT2D eigenvalue weighted by molar-refractivity contribution is -0.150. The van der Waals surface area contributed by atoms with Crippen LogP contribution in [0.2, 0.25) is 0 Å². The third-order valence-corrected chi connectivity index (χ3v) is 3.99. The standard InChI is InChI=1S/C15H14FNO5S/c1-3-22-14(20)8(2)17-13(19)12(23-15(17)21)7-9-4-5-10(16)11(18)6-9/h4-8,18H,3H2,1-2H3/b12-7-. The average Bonchev–Trinajstić information content (AvgIpc) is 2.77. The molecule has 0 aromatic heterocycles. The minimum Gasteiger partial charge on any atom is -0.505 e. The molecule has 1 saturated heterocycles. The normalized spacial score (nSPS) is 17.7. The molecule has 8 heteroatoms. The van der Waals surface area contributed by atoms with Crippen molar-refractivity contribution >= 4 is 35.0 Å². The van der Waals surface area contributed by atoms with Crippen LogP contribution in [0.1, 0.15) is 19.4 Å². The van der Waals surface area contributed by atoms with Gasteiger partial charge in [-0.05, 0) is 49.4 Å². The number of phenols is 1. The number of amides is 2. The molecular formula is C15H14FNO5S. The van der Waals surface area contributed by atoms with Gasteiger partial charge in [0.15, 0.2) is 11.6 Å². The van der Waals surface area contributed by atoms with Crippen molar-refractivity contribution in [3.8, 4) is 5.75 Å². The number of benzene rings is 1. The van der Waals surface area contributed by atoms with Gasteiger partial charge in [0.05, 0.1) is 11.5 Å².